The molecule has 1 fully saturated rings. The summed E-state index contributed by atoms with van der Waals surface area (Å²) in [6, 6.07) is -3.13. The van der Waals surface area contributed by atoms with Crippen molar-refractivity contribution in [1.29, 1.82) is 0 Å². The molecule has 3 unspecified atom stereocenters. The fourth-order valence-electron chi connectivity index (χ4n) is 2.95. The number of nitrogens with one attached hydrogen (secondary N) is 2. The first-order valence-corrected chi connectivity index (χ1v) is 11.3. The van der Waals surface area contributed by atoms with Gasteiger partial charge in [0.1, 0.15) is 18.2 Å². The van der Waals surface area contributed by atoms with Gasteiger partial charge >= 0.3 is 19.6 Å². The van der Waals surface area contributed by atoms with Crippen LogP contribution in [0.4, 0.5) is 22.0 Å². The Hall–Kier alpha value is -2.24. The van der Waals surface area contributed by atoms with Crippen LogP contribution in [0.5, 0.6) is 5.75 Å². The van der Waals surface area contributed by atoms with Gasteiger partial charge in [-0.3, -0.25) is 9.59 Å². The lowest BCUT2D eigenvalue weighted by atomic mass is 9.98. The van der Waals surface area contributed by atoms with Crippen molar-refractivity contribution in [3.05, 3.63) is 29.1 Å². The van der Waals surface area contributed by atoms with Crippen LogP contribution in [0.3, 0.4) is 0 Å². The van der Waals surface area contributed by atoms with Gasteiger partial charge in [-0.1, -0.05) is 6.42 Å². The molecule has 0 aliphatic heterocycles. The minimum absolute atomic E-state index is 0.401. The lowest BCUT2D eigenvalue weighted by Gasteiger charge is -2.27. The maximum absolute atomic E-state index is 14.0. The zero-order valence-electron chi connectivity index (χ0n) is 17.1. The largest absolute Gasteiger partial charge is 0.480 e. The van der Waals surface area contributed by atoms with Gasteiger partial charge < -0.3 is 14.4 Å². The number of rotatable bonds is 9. The van der Waals surface area contributed by atoms with Crippen LogP contribution in [-0.4, -0.2) is 35.2 Å². The number of carbonyl (C=O) groups excluding carboxylic acids is 1. The van der Waals surface area contributed by atoms with E-state index in [1.165, 1.54) is 0 Å². The van der Waals surface area contributed by atoms with Gasteiger partial charge in [-0.2, -0.15) is 8.78 Å². The minimum atomic E-state index is -4.94. The smallest absolute Gasteiger partial charge is 0.392 e. The average Bonchev–Trinajstić information content (AvgIpc) is 2.74. The molecule has 3 atom stereocenters. The summed E-state index contributed by atoms with van der Waals surface area (Å²) in [6.07, 6.45) is 3.45. The summed E-state index contributed by atoms with van der Waals surface area (Å²) in [5.41, 5.74) is 0. The summed E-state index contributed by atoms with van der Waals surface area (Å²) < 4.78 is 91.2. The molecule has 180 valence electrons. The number of halogens is 5. The molecule has 1 saturated carbocycles. The number of carboxylic acids is 1. The van der Waals surface area contributed by atoms with Crippen molar-refractivity contribution in [2.75, 3.05) is 0 Å². The summed E-state index contributed by atoms with van der Waals surface area (Å²) >= 11 is 0. The van der Waals surface area contributed by atoms with Gasteiger partial charge in [0.25, 0.3) is 0 Å². The number of hydrogen-bond donors (Lipinski definition) is 3. The normalized spacial score (nSPS) is 18.5. The zero-order chi connectivity index (χ0) is 24.2. The van der Waals surface area contributed by atoms with E-state index in [0.717, 1.165) is 33.1 Å². The third kappa shape index (κ3) is 6.17. The van der Waals surface area contributed by atoms with Gasteiger partial charge in [-0.15, -0.1) is 0 Å². The number of esters is 1. The number of benzene rings is 1. The molecule has 1 aromatic rings. The second-order valence-corrected chi connectivity index (χ2v) is 9.08. The third-order valence-corrected chi connectivity index (χ3v) is 6.57. The molecule has 0 spiro atoms. The monoisotopic (exact) mass is 488 g/mol. The van der Waals surface area contributed by atoms with Crippen molar-refractivity contribution in [3.63, 3.8) is 0 Å². The first-order chi connectivity index (χ1) is 14.9. The summed E-state index contributed by atoms with van der Waals surface area (Å²) in [5.74, 6) is -16.4. The Morgan fingerprint density at radius 2 is 1.38 bits per heavy atom. The highest BCUT2D eigenvalue weighted by Crippen LogP contribution is 2.43. The minimum Gasteiger partial charge on any atom is -0.480 e. The van der Waals surface area contributed by atoms with Gasteiger partial charge in [0.2, 0.25) is 34.8 Å². The number of hydrogen-bond acceptors (Lipinski definition) is 5. The van der Waals surface area contributed by atoms with Gasteiger partial charge in [0, 0.05) is 0 Å². The Bertz CT molecular complexity index is 899. The highest BCUT2D eigenvalue weighted by Gasteiger charge is 2.38. The fourth-order valence-corrected chi connectivity index (χ4v) is 4.78. The van der Waals surface area contributed by atoms with Crippen molar-refractivity contribution < 1.29 is 50.5 Å². The molecule has 1 aliphatic rings. The standard InChI is InChI=1S/C18H22F5N2O6P/c1-8(17(26)27)24-32(29,25-9(2)18(28)30-10-6-4-3-5-7-10)31-16-14(22)12(20)11(19)13(21)15(16)23/h8-10H,3-7H2,1-2H3,(H,26,27)(H2,24,25,29). The molecule has 0 amide bonds. The van der Waals surface area contributed by atoms with Crippen LogP contribution in [0.1, 0.15) is 46.0 Å². The molecule has 0 aromatic heterocycles. The summed E-state index contributed by atoms with van der Waals surface area (Å²) in [6.45, 7) is 2.12. The van der Waals surface area contributed by atoms with Gasteiger partial charge in [-0.25, -0.2) is 27.9 Å². The van der Waals surface area contributed by atoms with Crippen LogP contribution in [-0.2, 0) is 18.9 Å². The maximum Gasteiger partial charge on any atom is 0.392 e. The molecule has 0 bridgehead atoms. The molecule has 1 aliphatic carbocycles. The Morgan fingerprint density at radius 1 is 0.906 bits per heavy atom. The lowest BCUT2D eigenvalue weighted by molar-refractivity contribution is -0.152. The Labute approximate surface area is 180 Å². The van der Waals surface area contributed by atoms with E-state index in [4.69, 9.17) is 9.84 Å². The highest BCUT2D eigenvalue weighted by molar-refractivity contribution is 7.55. The molecule has 32 heavy (non-hydrogen) atoms. The predicted octanol–water partition coefficient (Wildman–Crippen LogP) is 3.79. The van der Waals surface area contributed by atoms with Crippen molar-refractivity contribution in [2.45, 2.75) is 64.1 Å². The fraction of sp³-hybridized carbons (Fsp3) is 0.556. The lowest BCUT2D eigenvalue weighted by Crippen LogP contribution is -2.43. The van der Waals surface area contributed by atoms with Crippen molar-refractivity contribution in [3.8, 4) is 5.75 Å². The first-order valence-electron chi connectivity index (χ1n) is 9.66. The molecule has 0 radical (unpaired) electrons. The van der Waals surface area contributed by atoms with Gasteiger partial charge in [0.15, 0.2) is 0 Å². The number of carbonyl (C=O) groups is 2. The number of carboxylic acid groups (broad SMARTS) is 1. The van der Waals surface area contributed by atoms with Crippen LogP contribution in [0.2, 0.25) is 0 Å². The van der Waals surface area contributed by atoms with E-state index in [-0.39, 0.29) is 0 Å². The Balaban J connectivity index is 2.30. The molecule has 0 saturated heterocycles. The van der Waals surface area contributed by atoms with E-state index in [9.17, 15) is 36.1 Å². The molecular weight excluding hydrogens is 466 g/mol. The SMILES string of the molecule is CC(NP(=O)(NC(C)C(=O)OC1CCCCC1)Oc1c(F)c(F)c(F)c(F)c1F)C(=O)O. The van der Waals surface area contributed by atoms with Gasteiger partial charge in [-0.05, 0) is 39.5 Å². The zero-order valence-corrected chi connectivity index (χ0v) is 18.0. The van der Waals surface area contributed by atoms with Crippen molar-refractivity contribution in [1.82, 2.24) is 10.2 Å². The predicted molar refractivity (Wildman–Crippen MR) is 100 cm³/mol. The topological polar surface area (TPSA) is 114 Å². The van der Waals surface area contributed by atoms with Crippen LogP contribution < -0.4 is 14.7 Å². The van der Waals surface area contributed by atoms with E-state index >= 15 is 0 Å². The average molecular weight is 488 g/mol. The van der Waals surface area contributed by atoms with E-state index in [1.807, 2.05) is 10.2 Å². The highest BCUT2D eigenvalue weighted by atomic mass is 31.2. The van der Waals surface area contributed by atoms with Crippen LogP contribution in [0, 0.1) is 29.1 Å². The quantitative estimate of drug-likeness (QED) is 0.158. The van der Waals surface area contributed by atoms with E-state index in [1.54, 1.807) is 0 Å². The first kappa shape index (κ1) is 26.0. The van der Waals surface area contributed by atoms with Crippen LogP contribution in [0.15, 0.2) is 0 Å². The van der Waals surface area contributed by atoms with Gasteiger partial charge in [0.05, 0.1) is 0 Å². The van der Waals surface area contributed by atoms with Crippen molar-refractivity contribution >= 4 is 19.6 Å². The second kappa shape index (κ2) is 10.6. The van der Waals surface area contributed by atoms with Crippen molar-refractivity contribution in [2.24, 2.45) is 0 Å². The van der Waals surface area contributed by atoms with Crippen LogP contribution in [0.25, 0.3) is 0 Å². The summed E-state index contributed by atoms with van der Waals surface area (Å²) in [5, 5.41) is 12.9. The summed E-state index contributed by atoms with van der Waals surface area (Å²) in [7, 11) is -4.94. The number of aliphatic carboxylic acids is 1. The summed E-state index contributed by atoms with van der Waals surface area (Å²) in [4.78, 5) is 23.4. The van der Waals surface area contributed by atoms with E-state index in [0.29, 0.717) is 12.8 Å². The molecule has 0 heterocycles. The molecule has 1 aromatic carbocycles. The molecule has 3 N–H and O–H groups in total. The molecule has 2 rings (SSSR count). The molecular formula is C18H22F5N2O6P. The molecule has 14 heteroatoms. The third-order valence-electron chi connectivity index (χ3n) is 4.68. The Morgan fingerprint density at radius 3 is 1.88 bits per heavy atom. The Kier molecular flexibility index (Phi) is 8.60. The molecule has 8 nitrogen and oxygen atoms in total. The number of ether oxygens (including phenoxy) is 1. The second-order valence-electron chi connectivity index (χ2n) is 7.28. The van der Waals surface area contributed by atoms with Crippen LogP contribution >= 0.6 is 7.67 Å². The van der Waals surface area contributed by atoms with E-state index in [2.05, 4.69) is 4.52 Å². The van der Waals surface area contributed by atoms with E-state index < -0.39 is 72.6 Å². The maximum atomic E-state index is 14.0.